The first-order valence-electron chi connectivity index (χ1n) is 7.96. The van der Waals surface area contributed by atoms with Gasteiger partial charge >= 0.3 is 0 Å². The Hall–Kier alpha value is -1.98. The van der Waals surface area contributed by atoms with Crippen molar-refractivity contribution in [1.82, 2.24) is 14.8 Å². The van der Waals surface area contributed by atoms with E-state index in [9.17, 15) is 9.18 Å². The summed E-state index contributed by atoms with van der Waals surface area (Å²) in [5.41, 5.74) is 2.78. The molecule has 1 aliphatic rings. The Kier molecular flexibility index (Phi) is 4.59. The molecule has 0 saturated carbocycles. The number of aryl methyl sites for hydroxylation is 2. The van der Waals surface area contributed by atoms with Gasteiger partial charge < -0.3 is 5.32 Å². The molecule has 23 heavy (non-hydrogen) atoms. The van der Waals surface area contributed by atoms with Gasteiger partial charge in [-0.05, 0) is 37.6 Å². The van der Waals surface area contributed by atoms with Crippen molar-refractivity contribution in [3.63, 3.8) is 0 Å². The highest BCUT2D eigenvalue weighted by Gasteiger charge is 2.13. The van der Waals surface area contributed by atoms with Crippen LogP contribution in [0.5, 0.6) is 0 Å². The highest BCUT2D eigenvalue weighted by Crippen LogP contribution is 2.16. The maximum Gasteiger partial charge on any atom is 0.257 e. The number of aromatic nitrogens is 1. The fraction of sp³-hybridized carbons (Fsp3) is 0.389. The fourth-order valence-electron chi connectivity index (χ4n) is 3.01. The second kappa shape index (κ2) is 6.64. The molecule has 0 spiro atoms. The van der Waals surface area contributed by atoms with E-state index in [0.29, 0.717) is 23.4 Å². The molecule has 3 rings (SSSR count). The summed E-state index contributed by atoms with van der Waals surface area (Å²) >= 11 is 0. The number of pyridine rings is 1. The van der Waals surface area contributed by atoms with E-state index < -0.39 is 0 Å². The highest BCUT2D eigenvalue weighted by atomic mass is 19.1. The molecule has 0 radical (unpaired) electrons. The zero-order chi connectivity index (χ0) is 16.4. The van der Waals surface area contributed by atoms with E-state index in [1.807, 2.05) is 19.1 Å². The van der Waals surface area contributed by atoms with E-state index in [4.69, 9.17) is 0 Å². The molecule has 1 saturated heterocycles. The zero-order valence-electron chi connectivity index (χ0n) is 13.6. The number of rotatable bonds is 3. The number of nitrogens with zero attached hydrogens (tertiary/aromatic N) is 2. The second-order valence-electron chi connectivity index (χ2n) is 6.18. The quantitative estimate of drug-likeness (QED) is 0.941. The van der Waals surface area contributed by atoms with Crippen LogP contribution < -0.4 is 10.9 Å². The average Bonchev–Trinajstić information content (AvgIpc) is 2.54. The van der Waals surface area contributed by atoms with Gasteiger partial charge in [-0.3, -0.25) is 14.3 Å². The summed E-state index contributed by atoms with van der Waals surface area (Å²) in [4.78, 5) is 14.5. The van der Waals surface area contributed by atoms with Gasteiger partial charge in [0.05, 0.1) is 5.69 Å². The minimum Gasteiger partial charge on any atom is -0.314 e. The standard InChI is InChI=1S/C18H22FN3O/c1-13-9-14(2)18(23)22(11-13)16-4-3-15(17(19)10-16)12-21-7-5-20-6-8-21/h3-4,9-11,20H,5-8,12H2,1-2H3. The van der Waals surface area contributed by atoms with Crippen LogP contribution in [0.15, 0.2) is 35.3 Å². The summed E-state index contributed by atoms with van der Waals surface area (Å²) in [7, 11) is 0. The van der Waals surface area contributed by atoms with Crippen LogP contribution in [-0.4, -0.2) is 35.6 Å². The normalized spacial score (nSPS) is 15.8. The Bertz CT molecular complexity index is 763. The van der Waals surface area contributed by atoms with Crippen LogP contribution in [0.2, 0.25) is 0 Å². The monoisotopic (exact) mass is 315 g/mol. The molecular weight excluding hydrogens is 293 g/mol. The molecule has 1 aromatic heterocycles. The molecule has 1 fully saturated rings. The zero-order valence-corrected chi connectivity index (χ0v) is 13.6. The topological polar surface area (TPSA) is 37.3 Å². The molecule has 1 aliphatic heterocycles. The SMILES string of the molecule is Cc1cc(C)c(=O)n(-c2ccc(CN3CCNCC3)c(F)c2)c1. The van der Waals surface area contributed by atoms with Crippen molar-refractivity contribution < 1.29 is 4.39 Å². The Balaban J connectivity index is 1.89. The summed E-state index contributed by atoms with van der Waals surface area (Å²) in [5, 5.41) is 3.29. The first-order valence-corrected chi connectivity index (χ1v) is 7.96. The van der Waals surface area contributed by atoms with E-state index in [0.717, 1.165) is 31.7 Å². The lowest BCUT2D eigenvalue weighted by atomic mass is 10.1. The molecule has 0 bridgehead atoms. The van der Waals surface area contributed by atoms with Gasteiger partial charge in [0, 0.05) is 50.0 Å². The van der Waals surface area contributed by atoms with Gasteiger partial charge in [0.15, 0.2) is 0 Å². The van der Waals surface area contributed by atoms with Crippen LogP contribution in [0.3, 0.4) is 0 Å². The summed E-state index contributed by atoms with van der Waals surface area (Å²) in [5.74, 6) is -0.257. The summed E-state index contributed by atoms with van der Waals surface area (Å²) in [6.45, 7) is 8.05. The molecule has 0 atom stereocenters. The molecule has 122 valence electrons. The molecule has 0 unspecified atom stereocenters. The molecular formula is C18H22FN3O. The average molecular weight is 315 g/mol. The van der Waals surface area contributed by atoms with E-state index in [1.165, 1.54) is 10.6 Å². The Morgan fingerprint density at radius 2 is 1.91 bits per heavy atom. The van der Waals surface area contributed by atoms with Crippen molar-refractivity contribution >= 4 is 0 Å². The molecule has 2 heterocycles. The summed E-state index contributed by atoms with van der Waals surface area (Å²) in [6.07, 6.45) is 1.75. The number of nitrogens with one attached hydrogen (secondary N) is 1. The Morgan fingerprint density at radius 1 is 1.17 bits per heavy atom. The van der Waals surface area contributed by atoms with Crippen molar-refractivity contribution in [2.75, 3.05) is 26.2 Å². The predicted molar refractivity (Wildman–Crippen MR) is 89.6 cm³/mol. The first kappa shape index (κ1) is 15.9. The van der Waals surface area contributed by atoms with Gasteiger partial charge in [-0.25, -0.2) is 4.39 Å². The van der Waals surface area contributed by atoms with Gasteiger partial charge in [-0.2, -0.15) is 0 Å². The van der Waals surface area contributed by atoms with Crippen LogP contribution in [0.25, 0.3) is 5.69 Å². The largest absolute Gasteiger partial charge is 0.314 e. The molecule has 5 heteroatoms. The molecule has 4 nitrogen and oxygen atoms in total. The number of piperazine rings is 1. The Morgan fingerprint density at radius 3 is 2.61 bits per heavy atom. The van der Waals surface area contributed by atoms with Crippen molar-refractivity contribution in [3.8, 4) is 5.69 Å². The summed E-state index contributed by atoms with van der Waals surface area (Å²) in [6, 6.07) is 6.91. The lowest BCUT2D eigenvalue weighted by Crippen LogP contribution is -2.43. The Labute approximate surface area is 135 Å². The van der Waals surface area contributed by atoms with Crippen molar-refractivity contribution in [2.24, 2.45) is 0 Å². The molecule has 1 N–H and O–H groups in total. The minimum atomic E-state index is -0.257. The van der Waals surface area contributed by atoms with E-state index in [1.54, 1.807) is 19.2 Å². The van der Waals surface area contributed by atoms with Gasteiger partial charge in [0.25, 0.3) is 5.56 Å². The highest BCUT2D eigenvalue weighted by molar-refractivity contribution is 5.37. The molecule has 0 aliphatic carbocycles. The number of halogens is 1. The molecule has 0 amide bonds. The third-order valence-electron chi connectivity index (χ3n) is 4.25. The third kappa shape index (κ3) is 3.51. The predicted octanol–water partition coefficient (Wildman–Crippen LogP) is 2.00. The second-order valence-corrected chi connectivity index (χ2v) is 6.18. The van der Waals surface area contributed by atoms with Crippen LogP contribution in [-0.2, 0) is 6.54 Å². The van der Waals surface area contributed by atoms with Crippen molar-refractivity contribution in [1.29, 1.82) is 0 Å². The van der Waals surface area contributed by atoms with Crippen LogP contribution >= 0.6 is 0 Å². The number of hydrogen-bond donors (Lipinski definition) is 1. The fourth-order valence-corrected chi connectivity index (χ4v) is 3.01. The summed E-state index contributed by atoms with van der Waals surface area (Å²) < 4.78 is 16.0. The molecule has 2 aromatic rings. The lowest BCUT2D eigenvalue weighted by molar-refractivity contribution is 0.230. The number of hydrogen-bond acceptors (Lipinski definition) is 3. The van der Waals surface area contributed by atoms with E-state index in [2.05, 4.69) is 10.2 Å². The van der Waals surface area contributed by atoms with Gasteiger partial charge in [0.2, 0.25) is 0 Å². The van der Waals surface area contributed by atoms with Crippen LogP contribution in [0.4, 0.5) is 4.39 Å². The van der Waals surface area contributed by atoms with Crippen molar-refractivity contribution in [2.45, 2.75) is 20.4 Å². The first-order chi connectivity index (χ1) is 11.0. The van der Waals surface area contributed by atoms with Gasteiger partial charge in [0.1, 0.15) is 5.82 Å². The smallest absolute Gasteiger partial charge is 0.257 e. The van der Waals surface area contributed by atoms with Gasteiger partial charge in [-0.1, -0.05) is 6.07 Å². The lowest BCUT2D eigenvalue weighted by Gasteiger charge is -2.27. The maximum atomic E-state index is 14.5. The van der Waals surface area contributed by atoms with Gasteiger partial charge in [-0.15, -0.1) is 0 Å². The van der Waals surface area contributed by atoms with E-state index >= 15 is 0 Å². The number of benzene rings is 1. The maximum absolute atomic E-state index is 14.5. The molecule has 1 aromatic carbocycles. The van der Waals surface area contributed by atoms with E-state index in [-0.39, 0.29) is 11.4 Å². The minimum absolute atomic E-state index is 0.107. The van der Waals surface area contributed by atoms with Crippen LogP contribution in [0.1, 0.15) is 16.7 Å². The van der Waals surface area contributed by atoms with Crippen molar-refractivity contribution in [3.05, 3.63) is 63.3 Å². The van der Waals surface area contributed by atoms with Crippen LogP contribution in [0, 0.1) is 19.7 Å². The third-order valence-corrected chi connectivity index (χ3v) is 4.25.